The zero-order chi connectivity index (χ0) is 18.1. The van der Waals surface area contributed by atoms with Crippen LogP contribution in [0.3, 0.4) is 0 Å². The fourth-order valence-electron chi connectivity index (χ4n) is 4.46. The summed E-state index contributed by atoms with van der Waals surface area (Å²) in [6.07, 6.45) is 6.23. The number of hydrazine groups is 1. The van der Waals surface area contributed by atoms with Crippen molar-refractivity contribution in [3.8, 4) is 0 Å². The van der Waals surface area contributed by atoms with Gasteiger partial charge in [0.1, 0.15) is 0 Å². The number of para-hydroxylation sites is 1. The quantitative estimate of drug-likeness (QED) is 0.788. The van der Waals surface area contributed by atoms with E-state index in [-0.39, 0.29) is 17.5 Å². The molecule has 0 radical (unpaired) electrons. The average molecular weight is 354 g/mol. The molecule has 0 spiro atoms. The van der Waals surface area contributed by atoms with E-state index in [0.29, 0.717) is 29.6 Å². The number of hydrogen-bond acceptors (Lipinski definition) is 4. The number of amides is 1. The van der Waals surface area contributed by atoms with Gasteiger partial charge in [-0.1, -0.05) is 37.5 Å². The van der Waals surface area contributed by atoms with Crippen molar-refractivity contribution in [2.24, 2.45) is 5.92 Å². The summed E-state index contributed by atoms with van der Waals surface area (Å²) in [6, 6.07) is 9.61. The fourth-order valence-corrected chi connectivity index (χ4v) is 4.46. The molecule has 1 aromatic carbocycles. The third-order valence-electron chi connectivity index (χ3n) is 5.84. The summed E-state index contributed by atoms with van der Waals surface area (Å²) in [6.45, 7) is 0.633. The van der Waals surface area contributed by atoms with Crippen molar-refractivity contribution in [3.05, 3.63) is 46.2 Å². The second-order valence-electron chi connectivity index (χ2n) is 7.58. The maximum absolute atomic E-state index is 13.1. The molecule has 3 unspecified atom stereocenters. The first kappa shape index (κ1) is 17.2. The molecule has 1 aliphatic carbocycles. The Bertz CT molecular complexity index is 862. The molecule has 3 atom stereocenters. The average Bonchev–Trinajstić information content (AvgIpc) is 2.87. The zero-order valence-corrected chi connectivity index (χ0v) is 15.1. The summed E-state index contributed by atoms with van der Waals surface area (Å²) in [7, 11) is 1.82. The van der Waals surface area contributed by atoms with Crippen LogP contribution in [0.1, 0.15) is 42.5 Å². The molecule has 2 fully saturated rings. The summed E-state index contributed by atoms with van der Waals surface area (Å²) < 4.78 is 0. The number of aromatic nitrogens is 1. The van der Waals surface area contributed by atoms with Crippen molar-refractivity contribution in [2.75, 3.05) is 13.6 Å². The van der Waals surface area contributed by atoms with Crippen LogP contribution in [0.15, 0.2) is 35.1 Å². The fraction of sp³-hybridized carbons (Fsp3) is 0.500. The number of nitrogens with zero attached hydrogens (tertiary/aromatic N) is 1. The number of rotatable bonds is 3. The molecule has 6 nitrogen and oxygen atoms in total. The number of benzene rings is 1. The number of carbonyl (C=O) groups excluding carboxylic acids is 1. The van der Waals surface area contributed by atoms with E-state index in [4.69, 9.17) is 0 Å². The summed E-state index contributed by atoms with van der Waals surface area (Å²) in [4.78, 5) is 29.5. The Balaban J connectivity index is 1.54. The number of hydrogen-bond donors (Lipinski definition) is 3. The van der Waals surface area contributed by atoms with Gasteiger partial charge < -0.3 is 9.88 Å². The predicted molar refractivity (Wildman–Crippen MR) is 102 cm³/mol. The van der Waals surface area contributed by atoms with Gasteiger partial charge in [0.15, 0.2) is 0 Å². The van der Waals surface area contributed by atoms with Gasteiger partial charge in [0, 0.05) is 42.6 Å². The van der Waals surface area contributed by atoms with Gasteiger partial charge in [-0.05, 0) is 24.8 Å². The number of nitrogens with one attached hydrogen (secondary N) is 3. The van der Waals surface area contributed by atoms with Crippen LogP contribution in [0, 0.1) is 5.92 Å². The summed E-state index contributed by atoms with van der Waals surface area (Å²) in [5.74, 6) is 0.454. The summed E-state index contributed by atoms with van der Waals surface area (Å²) in [5, 5.41) is 0.786. The van der Waals surface area contributed by atoms with Crippen molar-refractivity contribution < 1.29 is 4.79 Å². The van der Waals surface area contributed by atoms with Gasteiger partial charge in [-0.3, -0.25) is 20.4 Å². The van der Waals surface area contributed by atoms with E-state index in [1.165, 1.54) is 38.2 Å². The highest BCUT2D eigenvalue weighted by Crippen LogP contribution is 2.29. The van der Waals surface area contributed by atoms with Gasteiger partial charge in [-0.15, -0.1) is 0 Å². The third kappa shape index (κ3) is 3.27. The van der Waals surface area contributed by atoms with Gasteiger partial charge >= 0.3 is 0 Å². The molecule has 1 aromatic heterocycles. The van der Waals surface area contributed by atoms with Crippen molar-refractivity contribution >= 4 is 16.8 Å². The van der Waals surface area contributed by atoms with Crippen LogP contribution in [-0.2, 0) is 0 Å². The minimum Gasteiger partial charge on any atom is -0.340 e. The van der Waals surface area contributed by atoms with Crippen LogP contribution in [-0.4, -0.2) is 41.5 Å². The molecule has 2 aliphatic rings. The van der Waals surface area contributed by atoms with Crippen LogP contribution in [0.25, 0.3) is 10.9 Å². The molecule has 1 saturated carbocycles. The molecule has 138 valence electrons. The minimum absolute atomic E-state index is 0.105. The van der Waals surface area contributed by atoms with Crippen molar-refractivity contribution in [2.45, 2.75) is 44.2 Å². The summed E-state index contributed by atoms with van der Waals surface area (Å²) in [5.41, 5.74) is 7.75. The van der Waals surface area contributed by atoms with Crippen LogP contribution in [0.2, 0.25) is 0 Å². The smallest absolute Gasteiger partial charge is 0.254 e. The lowest BCUT2D eigenvalue weighted by atomic mass is 9.90. The van der Waals surface area contributed by atoms with E-state index in [1.54, 1.807) is 4.90 Å². The Kier molecular flexibility index (Phi) is 4.78. The third-order valence-corrected chi connectivity index (χ3v) is 5.84. The second-order valence-corrected chi connectivity index (χ2v) is 7.58. The Morgan fingerprint density at radius 2 is 1.96 bits per heavy atom. The van der Waals surface area contributed by atoms with Crippen molar-refractivity contribution in [3.63, 3.8) is 0 Å². The first-order valence-electron chi connectivity index (χ1n) is 9.52. The number of H-pyrrole nitrogens is 1. The van der Waals surface area contributed by atoms with Crippen LogP contribution in [0.5, 0.6) is 0 Å². The first-order chi connectivity index (χ1) is 12.6. The predicted octanol–water partition coefficient (Wildman–Crippen LogP) is 2.03. The number of pyridine rings is 1. The highest BCUT2D eigenvalue weighted by Gasteiger charge is 2.37. The van der Waals surface area contributed by atoms with E-state index >= 15 is 0 Å². The molecule has 6 heteroatoms. The number of likely N-dealkylation sites (N-methyl/N-ethyl adjacent to an activating group) is 1. The molecule has 1 amide bonds. The topological polar surface area (TPSA) is 77.2 Å². The second kappa shape index (κ2) is 7.21. The van der Waals surface area contributed by atoms with Crippen molar-refractivity contribution in [1.82, 2.24) is 20.7 Å². The maximum Gasteiger partial charge on any atom is 0.254 e. The molecule has 1 saturated heterocycles. The Morgan fingerprint density at radius 1 is 1.15 bits per heavy atom. The molecular formula is C20H26N4O2. The van der Waals surface area contributed by atoms with Gasteiger partial charge in [0.25, 0.3) is 5.91 Å². The van der Waals surface area contributed by atoms with Crippen LogP contribution < -0.4 is 16.4 Å². The van der Waals surface area contributed by atoms with E-state index in [1.807, 2.05) is 31.3 Å². The number of aromatic amines is 1. The van der Waals surface area contributed by atoms with Gasteiger partial charge in [0.2, 0.25) is 5.56 Å². The maximum atomic E-state index is 13.1. The monoisotopic (exact) mass is 354 g/mol. The SMILES string of the molecule is CN(CC1NNC2CCCCCC21)C(=O)c1cc(=O)[nH]c2ccccc12. The molecule has 4 rings (SSSR count). The molecule has 0 bridgehead atoms. The van der Waals surface area contributed by atoms with E-state index < -0.39 is 0 Å². The van der Waals surface area contributed by atoms with Crippen molar-refractivity contribution in [1.29, 1.82) is 0 Å². The van der Waals surface area contributed by atoms with Gasteiger partial charge in [-0.25, -0.2) is 0 Å². The lowest BCUT2D eigenvalue weighted by Crippen LogP contribution is -2.43. The Hall–Kier alpha value is -2.18. The Morgan fingerprint density at radius 3 is 2.85 bits per heavy atom. The standard InChI is InChI=1S/C20H26N4O2/c1-24(12-18-14-8-3-2-4-10-17(14)22-23-18)20(26)15-11-19(25)21-16-9-6-5-7-13(15)16/h5-7,9,11,14,17-18,22-23H,2-4,8,10,12H2,1H3,(H,21,25). The van der Waals surface area contributed by atoms with Gasteiger partial charge in [0.05, 0.1) is 5.56 Å². The first-order valence-corrected chi connectivity index (χ1v) is 9.52. The minimum atomic E-state index is -0.245. The molecule has 26 heavy (non-hydrogen) atoms. The lowest BCUT2D eigenvalue weighted by Gasteiger charge is -2.26. The normalized spacial score (nSPS) is 25.7. The molecule has 3 N–H and O–H groups in total. The number of carbonyl (C=O) groups is 1. The molecule has 2 heterocycles. The van der Waals surface area contributed by atoms with E-state index in [0.717, 1.165) is 5.39 Å². The molecule has 1 aliphatic heterocycles. The zero-order valence-electron chi connectivity index (χ0n) is 15.1. The van der Waals surface area contributed by atoms with E-state index in [2.05, 4.69) is 15.8 Å². The highest BCUT2D eigenvalue weighted by atomic mass is 16.2. The van der Waals surface area contributed by atoms with Crippen LogP contribution >= 0.6 is 0 Å². The van der Waals surface area contributed by atoms with Gasteiger partial charge in [-0.2, -0.15) is 0 Å². The summed E-state index contributed by atoms with van der Waals surface area (Å²) >= 11 is 0. The highest BCUT2D eigenvalue weighted by molar-refractivity contribution is 6.05. The molecular weight excluding hydrogens is 328 g/mol. The van der Waals surface area contributed by atoms with Crippen LogP contribution in [0.4, 0.5) is 0 Å². The molecule has 2 aromatic rings. The largest absolute Gasteiger partial charge is 0.340 e. The number of fused-ring (bicyclic) bond motifs is 2. The van der Waals surface area contributed by atoms with E-state index in [9.17, 15) is 9.59 Å². The Labute approximate surface area is 152 Å². The lowest BCUT2D eigenvalue weighted by molar-refractivity contribution is 0.0776.